The van der Waals surface area contributed by atoms with Crippen LogP contribution < -0.4 is 5.32 Å². The Labute approximate surface area is 173 Å². The molecule has 0 unspecified atom stereocenters. The summed E-state index contributed by atoms with van der Waals surface area (Å²) in [6.07, 6.45) is 1.72. The maximum absolute atomic E-state index is 12.5. The molecule has 0 aliphatic carbocycles. The molecular formula is C22H19N5OS. The highest BCUT2D eigenvalue weighted by Gasteiger charge is 2.18. The van der Waals surface area contributed by atoms with E-state index in [-0.39, 0.29) is 11.7 Å². The predicted molar refractivity (Wildman–Crippen MR) is 115 cm³/mol. The van der Waals surface area contributed by atoms with Crippen LogP contribution in [0.2, 0.25) is 0 Å². The highest BCUT2D eigenvalue weighted by molar-refractivity contribution is 7.99. The average molecular weight is 401 g/mol. The van der Waals surface area contributed by atoms with Gasteiger partial charge in [0.25, 0.3) is 0 Å². The van der Waals surface area contributed by atoms with Crippen LogP contribution in [0.5, 0.6) is 0 Å². The minimum atomic E-state index is -0.0914. The molecule has 0 radical (unpaired) electrons. The van der Waals surface area contributed by atoms with Crippen molar-refractivity contribution in [3.8, 4) is 17.2 Å². The number of pyridine rings is 1. The summed E-state index contributed by atoms with van der Waals surface area (Å²) in [4.78, 5) is 16.9. The van der Waals surface area contributed by atoms with E-state index in [1.807, 2.05) is 84.3 Å². The zero-order chi connectivity index (χ0) is 20.1. The minimum Gasteiger partial charge on any atom is -0.325 e. The van der Waals surface area contributed by atoms with Crippen LogP contribution in [0.25, 0.3) is 17.2 Å². The number of aryl methyl sites for hydroxylation is 1. The molecular weight excluding hydrogens is 382 g/mol. The van der Waals surface area contributed by atoms with Gasteiger partial charge < -0.3 is 5.32 Å². The van der Waals surface area contributed by atoms with Gasteiger partial charge in [-0.2, -0.15) is 0 Å². The molecule has 0 saturated carbocycles. The van der Waals surface area contributed by atoms with E-state index in [1.165, 1.54) is 11.8 Å². The van der Waals surface area contributed by atoms with Gasteiger partial charge in [0.05, 0.1) is 5.75 Å². The van der Waals surface area contributed by atoms with E-state index in [2.05, 4.69) is 20.5 Å². The quantitative estimate of drug-likeness (QED) is 0.486. The molecule has 144 valence electrons. The van der Waals surface area contributed by atoms with Crippen molar-refractivity contribution >= 4 is 23.4 Å². The molecule has 4 rings (SSSR count). The van der Waals surface area contributed by atoms with Crippen LogP contribution in [-0.4, -0.2) is 31.4 Å². The molecule has 4 aromatic rings. The van der Waals surface area contributed by atoms with E-state index in [4.69, 9.17) is 0 Å². The summed E-state index contributed by atoms with van der Waals surface area (Å²) < 4.78 is 1.92. The fourth-order valence-electron chi connectivity index (χ4n) is 2.86. The van der Waals surface area contributed by atoms with Crippen molar-refractivity contribution in [3.63, 3.8) is 0 Å². The van der Waals surface area contributed by atoms with Crippen molar-refractivity contribution < 1.29 is 4.79 Å². The van der Waals surface area contributed by atoms with Crippen molar-refractivity contribution in [1.82, 2.24) is 19.7 Å². The Hall–Kier alpha value is -3.45. The topological polar surface area (TPSA) is 72.7 Å². The Balaban J connectivity index is 1.58. The van der Waals surface area contributed by atoms with Crippen LogP contribution in [0.3, 0.4) is 0 Å². The summed E-state index contributed by atoms with van der Waals surface area (Å²) in [6.45, 7) is 1.97. The molecule has 2 heterocycles. The predicted octanol–water partition coefficient (Wildman–Crippen LogP) is 4.37. The van der Waals surface area contributed by atoms with E-state index in [1.54, 1.807) is 6.20 Å². The minimum absolute atomic E-state index is 0.0914. The third-order valence-corrected chi connectivity index (χ3v) is 5.22. The zero-order valence-corrected chi connectivity index (χ0v) is 16.6. The Bertz CT molecular complexity index is 1110. The number of thioether (sulfide) groups is 1. The first-order chi connectivity index (χ1) is 14.2. The number of para-hydroxylation sites is 2. The van der Waals surface area contributed by atoms with Crippen molar-refractivity contribution in [2.24, 2.45) is 0 Å². The Morgan fingerprint density at radius 1 is 0.966 bits per heavy atom. The number of hydrogen-bond donors (Lipinski definition) is 1. The van der Waals surface area contributed by atoms with Gasteiger partial charge in [-0.25, -0.2) is 0 Å². The monoisotopic (exact) mass is 401 g/mol. The number of carbonyl (C=O) groups excluding carboxylic acids is 1. The zero-order valence-electron chi connectivity index (χ0n) is 15.8. The van der Waals surface area contributed by atoms with E-state index < -0.39 is 0 Å². The van der Waals surface area contributed by atoms with Crippen molar-refractivity contribution in [2.75, 3.05) is 11.1 Å². The lowest BCUT2D eigenvalue weighted by Gasteiger charge is -2.10. The van der Waals surface area contributed by atoms with Gasteiger partial charge in [0, 0.05) is 17.6 Å². The molecule has 7 heteroatoms. The molecule has 0 aliphatic heterocycles. The van der Waals surface area contributed by atoms with Crippen LogP contribution in [0.4, 0.5) is 5.69 Å². The molecule has 0 bridgehead atoms. The Morgan fingerprint density at radius 3 is 2.48 bits per heavy atom. The number of nitrogens with one attached hydrogen (secondary N) is 1. The smallest absolute Gasteiger partial charge is 0.234 e. The van der Waals surface area contributed by atoms with Gasteiger partial charge in [-0.3, -0.25) is 14.3 Å². The number of aromatic nitrogens is 4. The lowest BCUT2D eigenvalue weighted by Crippen LogP contribution is -2.15. The highest BCUT2D eigenvalue weighted by atomic mass is 32.2. The first kappa shape index (κ1) is 18.9. The van der Waals surface area contributed by atoms with Gasteiger partial charge in [0.15, 0.2) is 11.0 Å². The van der Waals surface area contributed by atoms with Crippen LogP contribution >= 0.6 is 11.8 Å². The van der Waals surface area contributed by atoms with Crippen LogP contribution in [-0.2, 0) is 4.79 Å². The number of carbonyl (C=O) groups is 1. The second-order valence-corrected chi connectivity index (χ2v) is 7.29. The van der Waals surface area contributed by atoms with Crippen molar-refractivity contribution in [2.45, 2.75) is 12.1 Å². The molecule has 0 atom stereocenters. The van der Waals surface area contributed by atoms with Crippen LogP contribution in [0, 0.1) is 6.92 Å². The molecule has 0 fully saturated rings. The third kappa shape index (κ3) is 4.35. The maximum Gasteiger partial charge on any atom is 0.234 e. The van der Waals surface area contributed by atoms with E-state index in [9.17, 15) is 4.79 Å². The van der Waals surface area contributed by atoms with Crippen molar-refractivity contribution in [3.05, 3.63) is 84.6 Å². The fraction of sp³-hybridized carbons (Fsp3) is 0.0909. The van der Waals surface area contributed by atoms with Gasteiger partial charge in [-0.1, -0.05) is 54.2 Å². The second-order valence-electron chi connectivity index (χ2n) is 6.34. The maximum atomic E-state index is 12.5. The highest BCUT2D eigenvalue weighted by Crippen LogP contribution is 2.27. The van der Waals surface area contributed by atoms with Gasteiger partial charge in [-0.05, 0) is 42.8 Å². The molecule has 0 saturated heterocycles. The Morgan fingerprint density at radius 2 is 1.72 bits per heavy atom. The normalized spacial score (nSPS) is 10.7. The fourth-order valence-corrected chi connectivity index (χ4v) is 3.62. The summed E-state index contributed by atoms with van der Waals surface area (Å²) in [5.74, 6) is 0.770. The Kier molecular flexibility index (Phi) is 5.67. The van der Waals surface area contributed by atoms with Crippen molar-refractivity contribution in [1.29, 1.82) is 0 Å². The molecule has 1 amide bonds. The van der Waals surface area contributed by atoms with Gasteiger partial charge in [-0.15, -0.1) is 10.2 Å². The molecule has 29 heavy (non-hydrogen) atoms. The number of amides is 1. The first-order valence-corrected chi connectivity index (χ1v) is 10.1. The van der Waals surface area contributed by atoms with Gasteiger partial charge >= 0.3 is 0 Å². The molecule has 1 N–H and O–H groups in total. The summed E-state index contributed by atoms with van der Waals surface area (Å²) in [7, 11) is 0. The van der Waals surface area contributed by atoms with Crippen LogP contribution in [0.1, 0.15) is 5.56 Å². The average Bonchev–Trinajstić information content (AvgIpc) is 3.19. The van der Waals surface area contributed by atoms with E-state index in [0.29, 0.717) is 11.0 Å². The van der Waals surface area contributed by atoms with Crippen LogP contribution in [0.15, 0.2) is 84.1 Å². The number of nitrogens with zero attached hydrogens (tertiary/aromatic N) is 4. The van der Waals surface area contributed by atoms with Gasteiger partial charge in [0.2, 0.25) is 5.91 Å². The summed E-state index contributed by atoms with van der Waals surface area (Å²) in [5.41, 5.74) is 3.48. The molecule has 0 aliphatic rings. The molecule has 6 nitrogen and oxygen atoms in total. The second kappa shape index (κ2) is 8.70. The van der Waals surface area contributed by atoms with Gasteiger partial charge in [0.1, 0.15) is 5.69 Å². The summed E-state index contributed by atoms with van der Waals surface area (Å²) in [6, 6.07) is 23.2. The summed E-state index contributed by atoms with van der Waals surface area (Å²) >= 11 is 1.34. The largest absolute Gasteiger partial charge is 0.325 e. The number of benzene rings is 2. The summed E-state index contributed by atoms with van der Waals surface area (Å²) in [5, 5.41) is 12.2. The third-order valence-electron chi connectivity index (χ3n) is 4.29. The number of hydrogen-bond acceptors (Lipinski definition) is 5. The van der Waals surface area contributed by atoms with E-state index >= 15 is 0 Å². The molecule has 2 aromatic heterocycles. The first-order valence-electron chi connectivity index (χ1n) is 9.13. The molecule has 0 spiro atoms. The number of anilines is 1. The standard InChI is InChI=1S/C22H19N5OS/c1-16-9-5-6-12-18(16)24-20(28)15-29-22-26-25-21(19-13-7-8-14-23-19)27(22)17-10-3-2-4-11-17/h2-14H,15H2,1H3,(H,24,28). The SMILES string of the molecule is Cc1ccccc1NC(=O)CSc1nnc(-c2ccccn2)n1-c1ccccc1. The lowest BCUT2D eigenvalue weighted by molar-refractivity contribution is -0.113. The number of rotatable bonds is 6. The van der Waals surface area contributed by atoms with E-state index in [0.717, 1.165) is 22.6 Å². The lowest BCUT2D eigenvalue weighted by atomic mass is 10.2. The molecule has 2 aromatic carbocycles.